The second-order valence-electron chi connectivity index (χ2n) is 7.87. The van der Waals surface area contributed by atoms with E-state index in [1.165, 1.54) is 6.92 Å². The molecule has 0 aliphatic heterocycles. The fourth-order valence-corrected chi connectivity index (χ4v) is 3.06. The van der Waals surface area contributed by atoms with Crippen molar-refractivity contribution in [1.29, 1.82) is 0 Å². The third kappa shape index (κ3) is 13.5. The monoisotopic (exact) mass is 534 g/mol. The number of hydrogen-bond acceptors (Lipinski definition) is 9. The number of carbonyl (C=O) groups is 4. The highest BCUT2D eigenvalue weighted by Gasteiger charge is 2.32. The van der Waals surface area contributed by atoms with Gasteiger partial charge in [-0.15, -0.1) is 0 Å². The van der Waals surface area contributed by atoms with Gasteiger partial charge in [-0.05, 0) is 32.6 Å². The summed E-state index contributed by atoms with van der Waals surface area (Å²) in [7, 11) is 0. The van der Waals surface area contributed by atoms with Gasteiger partial charge in [0.1, 0.15) is 18.1 Å². The Morgan fingerprint density at radius 3 is 1.78 bits per heavy atom. The Bertz CT molecular complexity index is 802. The molecule has 0 radical (unpaired) electrons. The van der Waals surface area contributed by atoms with Crippen LogP contribution in [0.1, 0.15) is 32.6 Å². The van der Waals surface area contributed by atoms with Crippen molar-refractivity contribution in [1.82, 2.24) is 16.0 Å². The van der Waals surface area contributed by atoms with Gasteiger partial charge in [0.15, 0.2) is 11.9 Å². The fraction of sp³-hybridized carbons (Fsp3) is 0.684. The number of nitrogens with two attached hydrogens (primary N) is 5. The molecule has 5 atom stereocenters. The van der Waals surface area contributed by atoms with E-state index in [0.717, 1.165) is 0 Å². The van der Waals surface area contributed by atoms with Crippen LogP contribution in [-0.4, -0.2) is 94.9 Å². The summed E-state index contributed by atoms with van der Waals surface area (Å²) in [5.74, 6) is -4.16. The largest absolute Gasteiger partial charge is 0.480 e. The molecule has 0 aliphatic carbocycles. The van der Waals surface area contributed by atoms with Crippen LogP contribution in [0.25, 0.3) is 0 Å². The summed E-state index contributed by atoms with van der Waals surface area (Å²) in [5.41, 5.74) is 26.8. The highest BCUT2D eigenvalue weighted by molar-refractivity contribution is 7.80. The lowest BCUT2D eigenvalue weighted by Gasteiger charge is -2.26. The summed E-state index contributed by atoms with van der Waals surface area (Å²) in [6.45, 7) is 1.66. The molecule has 0 saturated carbocycles. The molecule has 0 rings (SSSR count). The maximum atomic E-state index is 12.9. The standard InChI is InChI=1S/C19H38N10O6S/c1-9(30)13(29-14(31)10(20)4-2-6-25-18(21)22)16(33)27-11(5-3-7-26-19(23)24)15(32)28-12(8-36)17(34)35/h9-13,30,36H,2-8,20H2,1H3,(H,27,33)(H,28,32)(H,29,31)(H,34,35)(H4,21,22,25)(H4,23,24,26). The second-order valence-corrected chi connectivity index (χ2v) is 8.24. The normalized spacial score (nSPS) is 14.8. The Kier molecular flexibility index (Phi) is 15.6. The van der Waals surface area contributed by atoms with Gasteiger partial charge in [-0.2, -0.15) is 12.6 Å². The average molecular weight is 535 g/mol. The summed E-state index contributed by atoms with van der Waals surface area (Å²) in [5, 5.41) is 26.3. The van der Waals surface area contributed by atoms with Crippen molar-refractivity contribution in [2.24, 2.45) is 38.7 Å². The first-order chi connectivity index (χ1) is 16.8. The highest BCUT2D eigenvalue weighted by atomic mass is 32.1. The third-order valence-electron chi connectivity index (χ3n) is 4.74. The number of aliphatic hydroxyl groups excluding tert-OH is 1. The third-order valence-corrected chi connectivity index (χ3v) is 5.11. The number of guanidine groups is 2. The quantitative estimate of drug-likeness (QED) is 0.0364. The topological polar surface area (TPSA) is 300 Å². The number of carbonyl (C=O) groups excluding carboxylic acids is 3. The van der Waals surface area contributed by atoms with Gasteiger partial charge in [0.2, 0.25) is 17.7 Å². The molecular formula is C19H38N10O6S. The molecule has 0 aromatic heterocycles. The van der Waals surface area contributed by atoms with Crippen LogP contribution >= 0.6 is 12.6 Å². The number of rotatable bonds is 17. The van der Waals surface area contributed by atoms with E-state index in [9.17, 15) is 24.3 Å². The summed E-state index contributed by atoms with van der Waals surface area (Å²) in [4.78, 5) is 56.8. The van der Waals surface area contributed by atoms with Crippen LogP contribution in [0.5, 0.6) is 0 Å². The minimum absolute atomic E-state index is 0.0258. The van der Waals surface area contributed by atoms with E-state index < -0.39 is 54.0 Å². The molecular weight excluding hydrogens is 496 g/mol. The maximum absolute atomic E-state index is 12.9. The minimum atomic E-state index is -1.45. The lowest BCUT2D eigenvalue weighted by molar-refractivity contribution is -0.141. The van der Waals surface area contributed by atoms with Crippen molar-refractivity contribution in [3.8, 4) is 0 Å². The SMILES string of the molecule is CC(O)C(NC(=O)C(N)CCCN=C(N)N)C(=O)NC(CCCN=C(N)N)C(=O)NC(CS)C(=O)O. The number of thiol groups is 1. The Morgan fingerprint density at radius 1 is 0.833 bits per heavy atom. The van der Waals surface area contributed by atoms with Crippen LogP contribution in [0, 0.1) is 0 Å². The number of carboxylic acids is 1. The van der Waals surface area contributed by atoms with E-state index in [-0.39, 0.29) is 50.0 Å². The molecule has 0 aromatic rings. The lowest BCUT2D eigenvalue weighted by atomic mass is 10.1. The Balaban J connectivity index is 5.35. The van der Waals surface area contributed by atoms with E-state index >= 15 is 0 Å². The Hall–Kier alpha value is -3.31. The van der Waals surface area contributed by atoms with Gasteiger partial charge in [0.05, 0.1) is 12.1 Å². The van der Waals surface area contributed by atoms with Gasteiger partial charge in [-0.3, -0.25) is 24.4 Å². The van der Waals surface area contributed by atoms with E-state index in [0.29, 0.717) is 6.42 Å². The van der Waals surface area contributed by atoms with Crippen LogP contribution in [0.4, 0.5) is 0 Å². The average Bonchev–Trinajstić information content (AvgIpc) is 2.79. The molecule has 0 fully saturated rings. The van der Waals surface area contributed by atoms with Crippen molar-refractivity contribution in [3.05, 3.63) is 0 Å². The number of amides is 3. The van der Waals surface area contributed by atoms with Gasteiger partial charge < -0.3 is 54.8 Å². The summed E-state index contributed by atoms with van der Waals surface area (Å²) in [6, 6.07) is -4.99. The smallest absolute Gasteiger partial charge is 0.327 e. The molecule has 15 N–H and O–H groups in total. The van der Waals surface area contributed by atoms with Crippen molar-refractivity contribution in [2.45, 2.75) is 62.9 Å². The van der Waals surface area contributed by atoms with Crippen LogP contribution in [0.2, 0.25) is 0 Å². The number of aliphatic carboxylic acids is 1. The van der Waals surface area contributed by atoms with E-state index in [1.807, 2.05) is 0 Å². The summed E-state index contributed by atoms with van der Waals surface area (Å²) in [6.07, 6.45) is -0.477. The van der Waals surface area contributed by atoms with Gasteiger partial charge in [-0.25, -0.2) is 4.79 Å². The van der Waals surface area contributed by atoms with E-state index in [1.54, 1.807) is 0 Å². The predicted molar refractivity (Wildman–Crippen MR) is 137 cm³/mol. The van der Waals surface area contributed by atoms with Crippen molar-refractivity contribution in [3.63, 3.8) is 0 Å². The molecule has 0 spiro atoms. The maximum Gasteiger partial charge on any atom is 0.327 e. The molecule has 36 heavy (non-hydrogen) atoms. The van der Waals surface area contributed by atoms with E-state index in [4.69, 9.17) is 33.8 Å². The number of hydrogen-bond donors (Lipinski definition) is 11. The molecule has 16 nitrogen and oxygen atoms in total. The molecule has 206 valence electrons. The molecule has 0 bridgehead atoms. The van der Waals surface area contributed by atoms with Crippen LogP contribution in [0.15, 0.2) is 9.98 Å². The molecule has 0 heterocycles. The molecule has 17 heteroatoms. The van der Waals surface area contributed by atoms with Gasteiger partial charge in [0.25, 0.3) is 0 Å². The van der Waals surface area contributed by atoms with Gasteiger partial charge >= 0.3 is 5.97 Å². The van der Waals surface area contributed by atoms with Crippen molar-refractivity contribution < 1.29 is 29.4 Å². The first-order valence-electron chi connectivity index (χ1n) is 11.1. The highest BCUT2D eigenvalue weighted by Crippen LogP contribution is 2.04. The van der Waals surface area contributed by atoms with Crippen LogP contribution in [-0.2, 0) is 19.2 Å². The summed E-state index contributed by atoms with van der Waals surface area (Å²) < 4.78 is 0. The first kappa shape index (κ1) is 32.7. The number of carboxylic acid groups (broad SMARTS) is 1. The van der Waals surface area contributed by atoms with Gasteiger partial charge in [-0.1, -0.05) is 0 Å². The fourth-order valence-electron chi connectivity index (χ4n) is 2.81. The van der Waals surface area contributed by atoms with E-state index in [2.05, 4.69) is 38.6 Å². The molecule has 0 saturated heterocycles. The van der Waals surface area contributed by atoms with Crippen molar-refractivity contribution >= 4 is 48.2 Å². The zero-order valence-corrected chi connectivity index (χ0v) is 21.0. The molecule has 3 amide bonds. The number of nitrogens with zero attached hydrogens (tertiary/aromatic N) is 2. The number of nitrogens with one attached hydrogen (secondary N) is 3. The molecule has 0 aromatic carbocycles. The first-order valence-corrected chi connectivity index (χ1v) is 11.7. The van der Waals surface area contributed by atoms with Crippen molar-refractivity contribution in [2.75, 3.05) is 18.8 Å². The predicted octanol–water partition coefficient (Wildman–Crippen LogP) is -4.73. The Labute approximate surface area is 214 Å². The van der Waals surface area contributed by atoms with Crippen LogP contribution in [0.3, 0.4) is 0 Å². The van der Waals surface area contributed by atoms with Crippen LogP contribution < -0.4 is 44.6 Å². The minimum Gasteiger partial charge on any atom is -0.480 e. The molecule has 5 unspecified atom stereocenters. The Morgan fingerprint density at radius 2 is 1.33 bits per heavy atom. The molecule has 0 aliphatic rings. The lowest BCUT2D eigenvalue weighted by Crippen LogP contribution is -2.59. The zero-order valence-electron chi connectivity index (χ0n) is 20.1. The number of aliphatic imine (C=N–C) groups is 2. The number of aliphatic hydroxyl groups is 1. The summed E-state index contributed by atoms with van der Waals surface area (Å²) >= 11 is 3.89. The zero-order chi connectivity index (χ0) is 27.8. The second kappa shape index (κ2) is 17.2. The van der Waals surface area contributed by atoms with Gasteiger partial charge in [0, 0.05) is 18.8 Å².